The Kier molecular flexibility index (Phi) is 7.77. The van der Waals surface area contributed by atoms with Crippen molar-refractivity contribution in [1.29, 1.82) is 5.26 Å². The monoisotopic (exact) mass is 492 g/mol. The number of ether oxygens (including phenoxy) is 1. The molecule has 3 heterocycles. The minimum absolute atomic E-state index is 0.0228. The molecule has 4 rings (SSSR count). The highest BCUT2D eigenvalue weighted by atomic mass is 32.1. The van der Waals surface area contributed by atoms with Crippen molar-refractivity contribution in [2.75, 3.05) is 11.9 Å². The van der Waals surface area contributed by atoms with Gasteiger partial charge in [-0.15, -0.1) is 11.3 Å². The van der Waals surface area contributed by atoms with Crippen LogP contribution in [0.3, 0.4) is 0 Å². The number of anilines is 1. The number of hydrogen-bond acceptors (Lipinski definition) is 7. The lowest BCUT2D eigenvalue weighted by atomic mass is 9.88. The van der Waals surface area contributed by atoms with Crippen LogP contribution >= 0.6 is 11.3 Å². The number of pyridine rings is 1. The van der Waals surface area contributed by atoms with Gasteiger partial charge in [0.2, 0.25) is 5.91 Å². The molecule has 9 nitrogen and oxygen atoms in total. The number of nitriles is 1. The van der Waals surface area contributed by atoms with Gasteiger partial charge >= 0.3 is 6.09 Å². The third kappa shape index (κ3) is 6.25. The lowest BCUT2D eigenvalue weighted by Crippen LogP contribution is -2.27. The Morgan fingerprint density at radius 2 is 2.26 bits per heavy atom. The van der Waals surface area contributed by atoms with E-state index in [1.807, 2.05) is 32.3 Å². The van der Waals surface area contributed by atoms with Gasteiger partial charge in [-0.05, 0) is 48.3 Å². The quantitative estimate of drug-likeness (QED) is 0.492. The zero-order chi connectivity index (χ0) is 24.8. The molecule has 2 unspecified atom stereocenters. The molecule has 0 saturated carbocycles. The minimum atomic E-state index is -0.459. The number of alkyl carbamates (subject to hydrolysis) is 1. The highest BCUT2D eigenvalue weighted by Gasteiger charge is 2.27. The van der Waals surface area contributed by atoms with Crippen LogP contribution in [0.5, 0.6) is 0 Å². The van der Waals surface area contributed by atoms with Crippen LogP contribution in [-0.4, -0.2) is 33.4 Å². The van der Waals surface area contributed by atoms with E-state index in [9.17, 15) is 14.9 Å². The number of fused-ring (bicyclic) bond motifs is 1. The third-order valence-corrected chi connectivity index (χ3v) is 7.29. The predicted octanol–water partition coefficient (Wildman–Crippen LogP) is 3.91. The van der Waals surface area contributed by atoms with E-state index in [2.05, 4.69) is 26.8 Å². The molecule has 2 N–H and O–H groups in total. The number of nitrogens with zero attached hydrogens (tertiary/aromatic N) is 4. The van der Waals surface area contributed by atoms with Crippen molar-refractivity contribution in [2.45, 2.75) is 45.1 Å². The summed E-state index contributed by atoms with van der Waals surface area (Å²) in [4.78, 5) is 29.9. The van der Waals surface area contributed by atoms with Gasteiger partial charge < -0.3 is 15.4 Å². The van der Waals surface area contributed by atoms with E-state index >= 15 is 0 Å². The van der Waals surface area contributed by atoms with E-state index in [-0.39, 0.29) is 17.7 Å². The normalized spacial score (nSPS) is 15.5. The summed E-state index contributed by atoms with van der Waals surface area (Å²) in [5.74, 6) is 0.0715. The Balaban J connectivity index is 1.30. The molecule has 0 aliphatic heterocycles. The Bertz CT molecular complexity index is 1230. The van der Waals surface area contributed by atoms with E-state index in [0.29, 0.717) is 36.6 Å². The first-order chi connectivity index (χ1) is 16.9. The fraction of sp³-hybridized carbons (Fsp3) is 0.400. The average molecular weight is 493 g/mol. The standard InChI is InChI=1S/C25H28N6O3S/c1-16(19-4-3-7-27-13-19)8-23(32)30-24-21(10-26)20-6-5-17(9-22(20)35-24)15-34-25(33)28-11-18-12-29-31(2)14-18/h3-4,7,12-14,16-17H,5-6,8-9,11,15H2,1-2H3,(H,28,33)(H,30,32). The van der Waals surface area contributed by atoms with Crippen LogP contribution in [0.4, 0.5) is 9.80 Å². The molecular weight excluding hydrogens is 464 g/mol. The number of aryl methyl sites for hydroxylation is 1. The average Bonchev–Trinajstić information content (AvgIpc) is 3.43. The third-order valence-electron chi connectivity index (χ3n) is 6.12. The summed E-state index contributed by atoms with van der Waals surface area (Å²) in [6.45, 7) is 2.65. The summed E-state index contributed by atoms with van der Waals surface area (Å²) in [7, 11) is 1.82. The van der Waals surface area contributed by atoms with Gasteiger partial charge in [0, 0.05) is 49.0 Å². The highest BCUT2D eigenvalue weighted by Crippen LogP contribution is 2.39. The largest absolute Gasteiger partial charge is 0.449 e. The van der Waals surface area contributed by atoms with Gasteiger partial charge in [0.1, 0.15) is 11.1 Å². The lowest BCUT2D eigenvalue weighted by molar-refractivity contribution is -0.116. The van der Waals surface area contributed by atoms with E-state index in [0.717, 1.165) is 34.4 Å². The molecule has 10 heteroatoms. The molecular formula is C25H28N6O3S. The van der Waals surface area contributed by atoms with Crippen molar-refractivity contribution in [2.24, 2.45) is 13.0 Å². The molecule has 2 atom stereocenters. The second-order valence-electron chi connectivity index (χ2n) is 8.84. The molecule has 182 valence electrons. The maximum Gasteiger partial charge on any atom is 0.407 e. The van der Waals surface area contributed by atoms with Crippen LogP contribution in [0.25, 0.3) is 0 Å². The molecule has 0 bridgehead atoms. The van der Waals surface area contributed by atoms with Crippen LogP contribution in [0.15, 0.2) is 36.9 Å². The summed E-state index contributed by atoms with van der Waals surface area (Å²) < 4.78 is 7.10. The van der Waals surface area contributed by atoms with E-state index in [4.69, 9.17) is 4.74 Å². The molecule has 1 aliphatic carbocycles. The van der Waals surface area contributed by atoms with Crippen molar-refractivity contribution >= 4 is 28.3 Å². The van der Waals surface area contributed by atoms with E-state index in [1.54, 1.807) is 23.3 Å². The molecule has 35 heavy (non-hydrogen) atoms. The maximum absolute atomic E-state index is 12.7. The van der Waals surface area contributed by atoms with Crippen LogP contribution in [-0.2, 0) is 36.0 Å². The zero-order valence-corrected chi connectivity index (χ0v) is 20.6. The number of hydrogen-bond donors (Lipinski definition) is 2. The zero-order valence-electron chi connectivity index (χ0n) is 19.8. The number of aromatic nitrogens is 3. The van der Waals surface area contributed by atoms with Gasteiger partial charge in [-0.3, -0.25) is 14.5 Å². The van der Waals surface area contributed by atoms with Gasteiger partial charge in [-0.25, -0.2) is 4.79 Å². The Morgan fingerprint density at radius 3 is 2.97 bits per heavy atom. The van der Waals surface area contributed by atoms with Crippen molar-refractivity contribution in [3.8, 4) is 6.07 Å². The number of carbonyl (C=O) groups is 2. The van der Waals surface area contributed by atoms with Crippen LogP contribution in [0.1, 0.15) is 52.8 Å². The van der Waals surface area contributed by atoms with Crippen molar-refractivity contribution in [3.05, 3.63) is 64.1 Å². The number of carbonyl (C=O) groups excluding carboxylic acids is 2. The van der Waals surface area contributed by atoms with Gasteiger partial charge in [-0.1, -0.05) is 13.0 Å². The fourth-order valence-electron chi connectivity index (χ4n) is 4.23. The molecule has 1 aliphatic rings. The maximum atomic E-state index is 12.7. The second-order valence-corrected chi connectivity index (χ2v) is 9.95. The minimum Gasteiger partial charge on any atom is -0.449 e. The molecule has 0 aromatic carbocycles. The van der Waals surface area contributed by atoms with Crippen molar-refractivity contribution < 1.29 is 14.3 Å². The predicted molar refractivity (Wildman–Crippen MR) is 132 cm³/mol. The fourth-order valence-corrected chi connectivity index (χ4v) is 5.55. The number of thiophene rings is 1. The highest BCUT2D eigenvalue weighted by molar-refractivity contribution is 7.16. The van der Waals surface area contributed by atoms with E-state index in [1.165, 1.54) is 11.3 Å². The summed E-state index contributed by atoms with van der Waals surface area (Å²) >= 11 is 1.45. The summed E-state index contributed by atoms with van der Waals surface area (Å²) in [6, 6.07) is 6.09. The molecule has 0 radical (unpaired) electrons. The summed E-state index contributed by atoms with van der Waals surface area (Å²) in [5.41, 5.74) is 3.46. The Morgan fingerprint density at radius 1 is 1.40 bits per heavy atom. The number of nitrogens with one attached hydrogen (secondary N) is 2. The Labute approximate surface area is 208 Å². The summed E-state index contributed by atoms with van der Waals surface area (Å²) in [5, 5.41) is 20.1. The SMILES string of the molecule is CC(CC(=O)Nc1sc2c(c1C#N)CCC(COC(=O)NCc1cnn(C)c1)C2)c1cccnc1. The topological polar surface area (TPSA) is 122 Å². The molecule has 3 aromatic heterocycles. The number of rotatable bonds is 8. The Hall–Kier alpha value is -3.71. The molecule has 0 spiro atoms. The van der Waals surface area contributed by atoms with E-state index < -0.39 is 6.09 Å². The molecule has 0 fully saturated rings. The van der Waals surface area contributed by atoms with Crippen LogP contribution < -0.4 is 10.6 Å². The van der Waals surface area contributed by atoms with Crippen LogP contribution in [0, 0.1) is 17.2 Å². The summed E-state index contributed by atoms with van der Waals surface area (Å²) in [6.07, 6.45) is 9.12. The first-order valence-electron chi connectivity index (χ1n) is 11.6. The van der Waals surface area contributed by atoms with Gasteiger partial charge in [0.25, 0.3) is 0 Å². The van der Waals surface area contributed by atoms with Gasteiger partial charge in [-0.2, -0.15) is 10.4 Å². The number of amides is 2. The van der Waals surface area contributed by atoms with Crippen molar-refractivity contribution in [3.63, 3.8) is 0 Å². The van der Waals surface area contributed by atoms with Gasteiger partial charge in [0.15, 0.2) is 0 Å². The first-order valence-corrected chi connectivity index (χ1v) is 12.4. The molecule has 0 saturated heterocycles. The molecule has 3 aromatic rings. The lowest BCUT2D eigenvalue weighted by Gasteiger charge is -2.21. The van der Waals surface area contributed by atoms with Crippen LogP contribution in [0.2, 0.25) is 0 Å². The van der Waals surface area contributed by atoms with Gasteiger partial charge in [0.05, 0.1) is 18.4 Å². The van der Waals surface area contributed by atoms with Crippen molar-refractivity contribution in [1.82, 2.24) is 20.1 Å². The smallest absolute Gasteiger partial charge is 0.407 e. The molecule has 2 amide bonds. The second kappa shape index (κ2) is 11.1. The first kappa shape index (κ1) is 24.4.